The van der Waals surface area contributed by atoms with Crippen LogP contribution in [0.3, 0.4) is 0 Å². The fourth-order valence-corrected chi connectivity index (χ4v) is 14.3. The Balaban J connectivity index is 1.24. The predicted molar refractivity (Wildman–Crippen MR) is 385 cm³/mol. The van der Waals surface area contributed by atoms with E-state index in [0.29, 0.717) is 5.56 Å². The summed E-state index contributed by atoms with van der Waals surface area (Å²) in [5.74, 6) is 1.56. The molecule has 3 heterocycles. The summed E-state index contributed by atoms with van der Waals surface area (Å²) in [6.07, 6.45) is 0. The van der Waals surface area contributed by atoms with Crippen molar-refractivity contribution in [1.82, 2.24) is 0 Å². The van der Waals surface area contributed by atoms with Crippen LogP contribution < -0.4 is 26.0 Å². The van der Waals surface area contributed by atoms with Gasteiger partial charge in [0.1, 0.15) is 11.5 Å². The van der Waals surface area contributed by atoms with E-state index < -0.39 is 18.2 Å². The van der Waals surface area contributed by atoms with Crippen molar-refractivity contribution >= 4 is 40.2 Å². The van der Waals surface area contributed by atoms with E-state index in [2.05, 4.69) is 309 Å². The molecule has 0 bridgehead atoms. The molecule has 0 fully saturated rings. The van der Waals surface area contributed by atoms with E-state index in [1.165, 1.54) is 27.8 Å². The average molecular weight is 1180 g/mol. The van der Waals surface area contributed by atoms with Crippen LogP contribution in [-0.4, -0.2) is 6.71 Å². The van der Waals surface area contributed by atoms with Crippen molar-refractivity contribution in [2.24, 2.45) is 0 Å². The molecule has 90 heavy (non-hydrogen) atoms. The summed E-state index contributed by atoms with van der Waals surface area (Å²) in [6, 6.07) is 75.1. The molecule has 446 valence electrons. The number of fused-ring (bicyclic) bond motifs is 10. The molecule has 0 aromatic heterocycles. The molecule has 0 N–H and O–H groups in total. The van der Waals surface area contributed by atoms with Crippen LogP contribution in [0, 0.1) is 0 Å². The van der Waals surface area contributed by atoms with Crippen molar-refractivity contribution in [3.8, 4) is 67.1 Å². The monoisotopic (exact) mass is 1170 g/mol. The smallest absolute Gasteiger partial charge is 0.247 e. The third-order valence-electron chi connectivity index (χ3n) is 19.4. The third-order valence-corrected chi connectivity index (χ3v) is 19.4. The van der Waals surface area contributed by atoms with Crippen LogP contribution in [0.25, 0.3) is 55.6 Å². The van der Waals surface area contributed by atoms with Gasteiger partial charge in [-0.05, 0) is 164 Å². The zero-order valence-electron chi connectivity index (χ0n) is 60.1. The van der Waals surface area contributed by atoms with Gasteiger partial charge < -0.3 is 9.64 Å². The van der Waals surface area contributed by atoms with Crippen LogP contribution in [-0.2, 0) is 32.5 Å². The quantitative estimate of drug-likeness (QED) is 0.154. The van der Waals surface area contributed by atoms with Gasteiger partial charge in [0.15, 0.2) is 0 Å². The highest BCUT2D eigenvalue weighted by molar-refractivity contribution is 6.99. The van der Waals surface area contributed by atoms with Crippen LogP contribution in [0.5, 0.6) is 11.5 Å². The molecule has 0 amide bonds. The van der Waals surface area contributed by atoms with Crippen molar-refractivity contribution in [2.45, 2.75) is 136 Å². The molecular weight excluding hydrogens is 1090 g/mol. The van der Waals surface area contributed by atoms with Gasteiger partial charge in [-0.2, -0.15) is 0 Å². The zero-order valence-corrected chi connectivity index (χ0v) is 55.1. The van der Waals surface area contributed by atoms with E-state index in [4.69, 9.17) is 8.85 Å². The molecule has 0 aliphatic carbocycles. The maximum absolute atomic E-state index is 9.61. The lowest BCUT2D eigenvalue weighted by Gasteiger charge is -2.51. The summed E-state index contributed by atoms with van der Waals surface area (Å²) >= 11 is 0. The van der Waals surface area contributed by atoms with Gasteiger partial charge in [-0.25, -0.2) is 0 Å². The summed E-state index contributed by atoms with van der Waals surface area (Å²) in [5, 5.41) is 0. The lowest BCUT2D eigenvalue weighted by molar-refractivity contribution is 0.435. The summed E-state index contributed by atoms with van der Waals surface area (Å²) in [7, 11) is 0. The first-order valence-corrected chi connectivity index (χ1v) is 32.2. The third kappa shape index (κ3) is 9.87. The highest BCUT2D eigenvalue weighted by Crippen LogP contribution is 2.59. The van der Waals surface area contributed by atoms with Crippen molar-refractivity contribution in [3.63, 3.8) is 0 Å². The van der Waals surface area contributed by atoms with Crippen molar-refractivity contribution in [1.29, 1.82) is 0 Å². The predicted octanol–water partition coefficient (Wildman–Crippen LogP) is 21.6. The Hall–Kier alpha value is -8.92. The lowest BCUT2D eigenvalue weighted by atomic mass is 9.29. The fourth-order valence-electron chi connectivity index (χ4n) is 14.3. The summed E-state index contributed by atoms with van der Waals surface area (Å²) in [4.78, 5) is 2.55. The number of benzene rings is 11. The van der Waals surface area contributed by atoms with E-state index in [1.54, 1.807) is 0 Å². The standard InChI is InChI=1S/C87H84BNO/c1-82(2,3)63-43-60(44-64(51-63)83(4,5)6)59-39-41-70-74(48-59)88-75-49-58(55-29-19-16-20-30-55)40-42-76(75)89(81-68(56-31-21-17-22-32-56)53-67(86(13,14)15)54-69(81)57-33-23-18-24-34-57)77-50-62(61-45-65(84(7,8)9)52-66(46-61)85(10,11)12)47-73(80(77)88)87(70)71-35-25-27-37-78(71)90-79-38-28-26-36-72(79)87/h16-54H,1-15H3/i16D,19D,20D,29D,30D. The normalized spacial score (nSPS) is 14.9. The van der Waals surface area contributed by atoms with Gasteiger partial charge in [0.05, 0.1) is 18.0 Å². The second-order valence-electron chi connectivity index (χ2n) is 30.6. The van der Waals surface area contributed by atoms with Crippen LogP contribution in [0.4, 0.5) is 17.1 Å². The summed E-state index contributed by atoms with van der Waals surface area (Å²) in [5.41, 5.74) is 24.0. The molecule has 11 aromatic carbocycles. The van der Waals surface area contributed by atoms with E-state index in [0.717, 1.165) is 112 Å². The van der Waals surface area contributed by atoms with Gasteiger partial charge in [-0.1, -0.05) is 303 Å². The van der Waals surface area contributed by atoms with Crippen LogP contribution in [0.2, 0.25) is 0 Å². The average Bonchev–Trinajstić information content (AvgIpc) is 0.665. The molecule has 3 aliphatic rings. The van der Waals surface area contributed by atoms with Crippen LogP contribution in [0.15, 0.2) is 236 Å². The molecule has 0 saturated heterocycles. The fraction of sp³-hybridized carbons (Fsp3) is 0.241. The molecule has 2 nitrogen and oxygen atoms in total. The number of nitrogens with zero attached hydrogens (tertiary/aromatic N) is 1. The van der Waals surface area contributed by atoms with E-state index in [9.17, 15) is 2.74 Å². The van der Waals surface area contributed by atoms with E-state index >= 15 is 0 Å². The van der Waals surface area contributed by atoms with Gasteiger partial charge in [0.25, 0.3) is 0 Å². The first-order valence-electron chi connectivity index (χ1n) is 34.7. The SMILES string of the molecule is [2H]c1c([2H])c([2H])c(-c2ccc3c(c2)B2c4cc(-c5cc(C(C)(C)C)cc(C(C)(C)C)c5)ccc4C4(c5ccccc5Oc5ccccc54)c4cc(-c5cc(C(C)(C)C)cc(C(C)(C)C)c5)cc(c42)N3c2c(-c3ccccc3)cc(C(C)(C)C)cc2-c2ccccc2)c([2H])c1[2H]. The molecule has 0 radical (unpaired) electrons. The largest absolute Gasteiger partial charge is 0.457 e. The summed E-state index contributed by atoms with van der Waals surface area (Å²) in [6.45, 7) is 34.1. The second-order valence-corrected chi connectivity index (χ2v) is 30.6. The molecule has 14 rings (SSSR count). The first kappa shape index (κ1) is 53.0. The molecular formula is C87H84BNO. The molecule has 3 aliphatic heterocycles. The van der Waals surface area contributed by atoms with Gasteiger partial charge in [0.2, 0.25) is 6.71 Å². The summed E-state index contributed by atoms with van der Waals surface area (Å²) < 4.78 is 53.4. The highest BCUT2D eigenvalue weighted by atomic mass is 16.5. The maximum Gasteiger partial charge on any atom is 0.247 e. The van der Waals surface area contributed by atoms with Gasteiger partial charge in [-0.15, -0.1) is 0 Å². The van der Waals surface area contributed by atoms with Gasteiger partial charge in [0, 0.05) is 33.6 Å². The minimum absolute atomic E-state index is 0.150. The Morgan fingerprint density at radius 1 is 0.333 bits per heavy atom. The van der Waals surface area contributed by atoms with Crippen molar-refractivity contribution < 1.29 is 11.6 Å². The first-order chi connectivity index (χ1) is 44.8. The molecule has 11 aromatic rings. The Labute approximate surface area is 543 Å². The Bertz CT molecular complexity index is 4750. The van der Waals surface area contributed by atoms with Gasteiger partial charge in [-0.3, -0.25) is 0 Å². The molecule has 3 heteroatoms. The van der Waals surface area contributed by atoms with Crippen molar-refractivity contribution in [2.75, 3.05) is 4.90 Å². The Morgan fingerprint density at radius 2 is 0.756 bits per heavy atom. The highest BCUT2D eigenvalue weighted by Gasteiger charge is 2.55. The second kappa shape index (κ2) is 21.1. The maximum atomic E-state index is 9.61. The topological polar surface area (TPSA) is 12.5 Å². The van der Waals surface area contributed by atoms with E-state index in [1.807, 2.05) is 6.07 Å². The molecule has 0 atom stereocenters. The number of rotatable bonds is 6. The lowest BCUT2D eigenvalue weighted by Crippen LogP contribution is -2.65. The molecule has 0 saturated carbocycles. The number of para-hydroxylation sites is 2. The van der Waals surface area contributed by atoms with Crippen molar-refractivity contribution in [3.05, 3.63) is 287 Å². The number of hydrogen-bond donors (Lipinski definition) is 0. The Morgan fingerprint density at radius 3 is 1.26 bits per heavy atom. The van der Waals surface area contributed by atoms with Crippen LogP contribution >= 0.6 is 0 Å². The number of ether oxygens (including phenoxy) is 1. The van der Waals surface area contributed by atoms with E-state index in [-0.39, 0.29) is 56.8 Å². The Kier molecular flexibility index (Phi) is 12.4. The number of hydrogen-bond acceptors (Lipinski definition) is 2. The zero-order chi connectivity index (χ0) is 67.4. The molecule has 0 unspecified atom stereocenters. The molecule has 1 spiro atoms. The van der Waals surface area contributed by atoms with Crippen LogP contribution in [0.1, 0.15) is 161 Å². The minimum atomic E-state index is -0.998. The van der Waals surface area contributed by atoms with Gasteiger partial charge >= 0.3 is 0 Å². The minimum Gasteiger partial charge on any atom is -0.457 e. The number of anilines is 3.